The molecule has 86 valence electrons. The molecular weight excluding hydrogens is 202 g/mol. The second-order valence-electron chi connectivity index (χ2n) is 3.68. The Bertz CT molecular complexity index is 359. The first kappa shape index (κ1) is 12.4. The quantitative estimate of drug-likeness (QED) is 0.297. The molecule has 0 aliphatic carbocycles. The number of ether oxygens (including phenoxy) is 1. The number of nitrogens with zero attached hydrogens (tertiary/aromatic N) is 3. The molecule has 0 spiro atoms. The number of unbranched alkanes of at least 4 members (excludes halogenated alkanes) is 2. The van der Waals surface area contributed by atoms with Gasteiger partial charge >= 0.3 is 0 Å². The van der Waals surface area contributed by atoms with Crippen LogP contribution in [0.1, 0.15) is 24.8 Å². The Balaban J connectivity index is 2.09. The molecule has 4 heteroatoms. The summed E-state index contributed by atoms with van der Waals surface area (Å²) in [7, 11) is 0. The largest absolute Gasteiger partial charge is 0.494 e. The van der Waals surface area contributed by atoms with Crippen molar-refractivity contribution in [3.63, 3.8) is 0 Å². The molecular formula is C12H17N3O. The van der Waals surface area contributed by atoms with Crippen molar-refractivity contribution in [2.24, 2.45) is 5.11 Å². The maximum Gasteiger partial charge on any atom is 0.119 e. The Hall–Kier alpha value is -1.67. The van der Waals surface area contributed by atoms with Crippen molar-refractivity contribution < 1.29 is 4.74 Å². The number of hydrogen-bond donors (Lipinski definition) is 0. The summed E-state index contributed by atoms with van der Waals surface area (Å²) in [6.07, 6.45) is 2.96. The van der Waals surface area contributed by atoms with E-state index in [0.717, 1.165) is 31.6 Å². The molecule has 1 rings (SSSR count). The first-order valence-corrected chi connectivity index (χ1v) is 5.53. The average molecular weight is 219 g/mol. The van der Waals surface area contributed by atoms with Crippen LogP contribution < -0.4 is 4.74 Å². The third-order valence-corrected chi connectivity index (χ3v) is 2.22. The van der Waals surface area contributed by atoms with Crippen molar-refractivity contribution in [3.05, 3.63) is 40.3 Å². The molecule has 0 heterocycles. The molecule has 0 bridgehead atoms. The SMILES string of the molecule is Cc1cccc(OCCCCCN=[N+]=[N-])c1. The lowest BCUT2D eigenvalue weighted by Gasteiger charge is -2.06. The minimum absolute atomic E-state index is 0.584. The van der Waals surface area contributed by atoms with Crippen molar-refractivity contribution in [2.75, 3.05) is 13.2 Å². The van der Waals surface area contributed by atoms with Gasteiger partial charge in [-0.2, -0.15) is 0 Å². The molecule has 4 nitrogen and oxygen atoms in total. The van der Waals surface area contributed by atoms with Crippen LogP contribution in [0.4, 0.5) is 0 Å². The van der Waals surface area contributed by atoms with Gasteiger partial charge in [-0.1, -0.05) is 17.2 Å². The average Bonchev–Trinajstić information content (AvgIpc) is 2.28. The van der Waals surface area contributed by atoms with Crippen LogP contribution in [0.5, 0.6) is 5.75 Å². The van der Waals surface area contributed by atoms with E-state index in [4.69, 9.17) is 10.3 Å². The first-order valence-electron chi connectivity index (χ1n) is 5.53. The molecule has 0 radical (unpaired) electrons. The number of benzene rings is 1. The number of hydrogen-bond acceptors (Lipinski definition) is 2. The maximum atomic E-state index is 8.08. The summed E-state index contributed by atoms with van der Waals surface area (Å²) in [6, 6.07) is 8.03. The lowest BCUT2D eigenvalue weighted by Crippen LogP contribution is -1.97. The van der Waals surface area contributed by atoms with Gasteiger partial charge in [-0.15, -0.1) is 0 Å². The minimum Gasteiger partial charge on any atom is -0.494 e. The molecule has 0 amide bonds. The summed E-state index contributed by atoms with van der Waals surface area (Å²) < 4.78 is 5.59. The fourth-order valence-corrected chi connectivity index (χ4v) is 1.40. The van der Waals surface area contributed by atoms with Gasteiger partial charge < -0.3 is 4.74 Å². The molecule has 0 saturated heterocycles. The zero-order valence-electron chi connectivity index (χ0n) is 9.59. The van der Waals surface area contributed by atoms with Crippen molar-refractivity contribution in [2.45, 2.75) is 26.2 Å². The number of aryl methyl sites for hydroxylation is 1. The van der Waals surface area contributed by atoms with Crippen molar-refractivity contribution in [1.29, 1.82) is 0 Å². The lowest BCUT2D eigenvalue weighted by atomic mass is 10.2. The molecule has 0 unspecified atom stereocenters. The predicted octanol–water partition coefficient (Wildman–Crippen LogP) is 3.85. The van der Waals surface area contributed by atoms with Gasteiger partial charge in [-0.05, 0) is 49.4 Å². The zero-order chi connectivity index (χ0) is 11.6. The Kier molecular flexibility index (Phi) is 5.89. The summed E-state index contributed by atoms with van der Waals surface area (Å²) >= 11 is 0. The molecule has 0 N–H and O–H groups in total. The van der Waals surface area contributed by atoms with Crippen LogP contribution in [0.15, 0.2) is 29.4 Å². The Morgan fingerprint density at radius 2 is 2.19 bits per heavy atom. The fourth-order valence-electron chi connectivity index (χ4n) is 1.40. The van der Waals surface area contributed by atoms with Crippen LogP contribution in [-0.2, 0) is 0 Å². The van der Waals surface area contributed by atoms with E-state index in [-0.39, 0.29) is 0 Å². The first-order chi connectivity index (χ1) is 7.83. The van der Waals surface area contributed by atoms with Crippen LogP contribution in [0.2, 0.25) is 0 Å². The maximum absolute atomic E-state index is 8.08. The summed E-state index contributed by atoms with van der Waals surface area (Å²) in [6.45, 7) is 3.35. The molecule has 0 aliphatic rings. The standard InChI is InChI=1S/C12H17N3O/c1-11-6-5-7-12(10-11)16-9-4-2-3-8-14-15-13/h5-7,10H,2-4,8-9H2,1H3. The Morgan fingerprint density at radius 3 is 2.94 bits per heavy atom. The number of azide groups is 1. The molecule has 0 aliphatic heterocycles. The molecule has 0 atom stereocenters. The topological polar surface area (TPSA) is 58.0 Å². The predicted molar refractivity (Wildman–Crippen MR) is 64.5 cm³/mol. The van der Waals surface area contributed by atoms with Gasteiger partial charge in [-0.25, -0.2) is 0 Å². The van der Waals surface area contributed by atoms with E-state index in [1.54, 1.807) is 0 Å². The highest BCUT2D eigenvalue weighted by Crippen LogP contribution is 2.12. The lowest BCUT2D eigenvalue weighted by molar-refractivity contribution is 0.305. The van der Waals surface area contributed by atoms with Crippen LogP contribution in [0.25, 0.3) is 10.4 Å². The van der Waals surface area contributed by atoms with Crippen molar-refractivity contribution in [3.8, 4) is 5.75 Å². The van der Waals surface area contributed by atoms with Gasteiger partial charge in [0.15, 0.2) is 0 Å². The van der Waals surface area contributed by atoms with Gasteiger partial charge in [-0.3, -0.25) is 0 Å². The molecule has 1 aromatic carbocycles. The van der Waals surface area contributed by atoms with Gasteiger partial charge in [0.2, 0.25) is 0 Å². The molecule has 0 fully saturated rings. The van der Waals surface area contributed by atoms with E-state index in [9.17, 15) is 0 Å². The van der Waals surface area contributed by atoms with E-state index < -0.39 is 0 Å². The zero-order valence-corrected chi connectivity index (χ0v) is 9.59. The van der Waals surface area contributed by atoms with Gasteiger partial charge in [0.1, 0.15) is 5.75 Å². The van der Waals surface area contributed by atoms with E-state index in [0.29, 0.717) is 6.54 Å². The van der Waals surface area contributed by atoms with E-state index in [1.165, 1.54) is 5.56 Å². The van der Waals surface area contributed by atoms with Gasteiger partial charge in [0, 0.05) is 11.5 Å². The van der Waals surface area contributed by atoms with Crippen LogP contribution in [0.3, 0.4) is 0 Å². The van der Waals surface area contributed by atoms with E-state index in [2.05, 4.69) is 10.0 Å². The minimum atomic E-state index is 0.584. The molecule has 0 aromatic heterocycles. The molecule has 16 heavy (non-hydrogen) atoms. The third-order valence-electron chi connectivity index (χ3n) is 2.22. The van der Waals surface area contributed by atoms with Crippen LogP contribution in [-0.4, -0.2) is 13.2 Å². The van der Waals surface area contributed by atoms with Crippen LogP contribution >= 0.6 is 0 Å². The summed E-state index contributed by atoms with van der Waals surface area (Å²) in [4.78, 5) is 2.70. The Morgan fingerprint density at radius 1 is 1.31 bits per heavy atom. The summed E-state index contributed by atoms with van der Waals surface area (Å²) in [5, 5.41) is 3.48. The van der Waals surface area contributed by atoms with Crippen molar-refractivity contribution >= 4 is 0 Å². The second-order valence-corrected chi connectivity index (χ2v) is 3.68. The van der Waals surface area contributed by atoms with E-state index >= 15 is 0 Å². The number of rotatable bonds is 7. The highest BCUT2D eigenvalue weighted by molar-refractivity contribution is 5.27. The molecule has 1 aromatic rings. The smallest absolute Gasteiger partial charge is 0.119 e. The second kappa shape index (κ2) is 7.60. The van der Waals surface area contributed by atoms with Gasteiger partial charge in [0.25, 0.3) is 0 Å². The third kappa shape index (κ3) is 5.27. The van der Waals surface area contributed by atoms with Gasteiger partial charge in [0.05, 0.1) is 6.61 Å². The fraction of sp³-hybridized carbons (Fsp3) is 0.500. The normalized spacial score (nSPS) is 9.56. The van der Waals surface area contributed by atoms with Crippen molar-refractivity contribution in [1.82, 2.24) is 0 Å². The summed E-state index contributed by atoms with van der Waals surface area (Å²) in [5.74, 6) is 0.926. The van der Waals surface area contributed by atoms with E-state index in [1.807, 2.05) is 31.2 Å². The van der Waals surface area contributed by atoms with Crippen LogP contribution in [0, 0.1) is 6.92 Å². The summed E-state index contributed by atoms with van der Waals surface area (Å²) in [5.41, 5.74) is 9.29. The molecule has 0 saturated carbocycles. The highest BCUT2D eigenvalue weighted by atomic mass is 16.5. The highest BCUT2D eigenvalue weighted by Gasteiger charge is 1.93. The monoisotopic (exact) mass is 219 g/mol. The Labute approximate surface area is 95.9 Å².